The summed E-state index contributed by atoms with van der Waals surface area (Å²) >= 11 is 0. The van der Waals surface area contributed by atoms with E-state index in [4.69, 9.17) is 0 Å². The lowest BCUT2D eigenvalue weighted by Gasteiger charge is -2.35. The molecular formula is C52H39N3. The Morgan fingerprint density at radius 1 is 0.455 bits per heavy atom. The maximum atomic E-state index is 2.55. The highest BCUT2D eigenvalue weighted by Gasteiger charge is 2.27. The fourth-order valence-electron chi connectivity index (χ4n) is 8.28. The SMILES string of the molecule is C1=CCC(N(c2ccccc2)c2cc(N(c3ccccc3)c3ccccc3)cc3c2c2cc4ccccc4cc2n3-c2ccc(-c3ccccc3)cc2)C=C1. The van der Waals surface area contributed by atoms with Crippen LogP contribution in [0.15, 0.2) is 218 Å². The number of allylic oxidation sites excluding steroid dienone is 2. The molecular weight excluding hydrogens is 667 g/mol. The van der Waals surface area contributed by atoms with Crippen LogP contribution in [0.4, 0.5) is 28.4 Å². The van der Waals surface area contributed by atoms with Gasteiger partial charge in [-0.25, -0.2) is 0 Å². The molecule has 1 heterocycles. The number of nitrogens with zero attached hydrogens (tertiary/aromatic N) is 3. The van der Waals surface area contributed by atoms with Crippen LogP contribution in [0.5, 0.6) is 0 Å². The second-order valence-corrected chi connectivity index (χ2v) is 14.2. The molecule has 1 aliphatic carbocycles. The van der Waals surface area contributed by atoms with Crippen LogP contribution in [0.1, 0.15) is 6.42 Å². The summed E-state index contributed by atoms with van der Waals surface area (Å²) in [6.07, 6.45) is 9.88. The van der Waals surface area contributed by atoms with Gasteiger partial charge in [0.1, 0.15) is 0 Å². The summed E-state index contributed by atoms with van der Waals surface area (Å²) in [5.41, 5.74) is 11.5. The molecule has 0 fully saturated rings. The third-order valence-electron chi connectivity index (χ3n) is 10.8. The van der Waals surface area contributed by atoms with E-state index in [1.807, 2.05) is 0 Å². The van der Waals surface area contributed by atoms with E-state index in [9.17, 15) is 0 Å². The van der Waals surface area contributed by atoms with Crippen molar-refractivity contribution in [1.29, 1.82) is 0 Å². The molecule has 0 N–H and O–H groups in total. The Kier molecular flexibility index (Phi) is 8.31. The highest BCUT2D eigenvalue weighted by Crippen LogP contribution is 2.47. The fraction of sp³-hybridized carbons (Fsp3) is 0.0385. The van der Waals surface area contributed by atoms with E-state index < -0.39 is 0 Å². The van der Waals surface area contributed by atoms with Crippen LogP contribution in [0.25, 0.3) is 49.4 Å². The smallest absolute Gasteiger partial charge is 0.0582 e. The number of hydrogen-bond acceptors (Lipinski definition) is 2. The number of hydrogen-bond donors (Lipinski definition) is 0. The maximum absolute atomic E-state index is 2.55. The number of benzene rings is 8. The third-order valence-corrected chi connectivity index (χ3v) is 10.8. The van der Waals surface area contributed by atoms with Gasteiger partial charge in [0.25, 0.3) is 0 Å². The summed E-state index contributed by atoms with van der Waals surface area (Å²) in [5.74, 6) is 0. The van der Waals surface area contributed by atoms with E-state index >= 15 is 0 Å². The molecule has 10 rings (SSSR count). The van der Waals surface area contributed by atoms with Crippen molar-refractivity contribution in [2.45, 2.75) is 12.5 Å². The molecule has 3 heteroatoms. The first-order valence-corrected chi connectivity index (χ1v) is 19.0. The second-order valence-electron chi connectivity index (χ2n) is 14.2. The third kappa shape index (κ3) is 5.97. The molecule has 55 heavy (non-hydrogen) atoms. The topological polar surface area (TPSA) is 11.4 Å². The van der Waals surface area contributed by atoms with Crippen molar-refractivity contribution in [1.82, 2.24) is 4.57 Å². The molecule has 0 saturated carbocycles. The van der Waals surface area contributed by atoms with Gasteiger partial charge in [-0.1, -0.05) is 146 Å². The Bertz CT molecular complexity index is 2780. The molecule has 0 aliphatic heterocycles. The molecule has 0 radical (unpaired) electrons. The highest BCUT2D eigenvalue weighted by molar-refractivity contribution is 6.20. The van der Waals surface area contributed by atoms with Gasteiger partial charge in [0.2, 0.25) is 0 Å². The largest absolute Gasteiger partial charge is 0.334 e. The lowest BCUT2D eigenvalue weighted by atomic mass is 10.0. The Balaban J connectivity index is 1.34. The predicted octanol–water partition coefficient (Wildman–Crippen LogP) is 14.1. The van der Waals surface area contributed by atoms with Crippen LogP contribution in [-0.4, -0.2) is 10.6 Å². The van der Waals surface area contributed by atoms with Gasteiger partial charge in [0.05, 0.1) is 28.5 Å². The molecule has 0 amide bonds. The van der Waals surface area contributed by atoms with Crippen molar-refractivity contribution in [3.63, 3.8) is 0 Å². The highest BCUT2D eigenvalue weighted by atomic mass is 15.2. The van der Waals surface area contributed by atoms with Crippen molar-refractivity contribution in [2.24, 2.45) is 0 Å². The molecule has 3 nitrogen and oxygen atoms in total. The minimum atomic E-state index is 0.122. The van der Waals surface area contributed by atoms with Gasteiger partial charge in [0, 0.05) is 33.5 Å². The number of aromatic nitrogens is 1. The summed E-state index contributed by atoms with van der Waals surface area (Å²) in [6, 6.07) is 70.5. The molecule has 1 aromatic heterocycles. The van der Waals surface area contributed by atoms with E-state index in [1.54, 1.807) is 0 Å². The minimum absolute atomic E-state index is 0.122. The zero-order valence-corrected chi connectivity index (χ0v) is 30.4. The van der Waals surface area contributed by atoms with Gasteiger partial charge in [-0.15, -0.1) is 0 Å². The quantitative estimate of drug-likeness (QED) is 0.156. The van der Waals surface area contributed by atoms with Gasteiger partial charge in [-0.05, 0) is 101 Å². The van der Waals surface area contributed by atoms with Gasteiger partial charge in [-0.2, -0.15) is 0 Å². The first-order chi connectivity index (χ1) is 27.3. The van der Waals surface area contributed by atoms with Crippen LogP contribution in [0, 0.1) is 0 Å². The number of fused-ring (bicyclic) bond motifs is 4. The Morgan fingerprint density at radius 3 is 1.64 bits per heavy atom. The maximum Gasteiger partial charge on any atom is 0.0582 e. The van der Waals surface area contributed by atoms with E-state index in [0.717, 1.165) is 40.4 Å². The molecule has 1 aliphatic rings. The summed E-state index contributed by atoms with van der Waals surface area (Å²) in [7, 11) is 0. The number of rotatable bonds is 8. The van der Waals surface area contributed by atoms with Crippen molar-refractivity contribution < 1.29 is 0 Å². The molecule has 0 spiro atoms. The second kappa shape index (κ2) is 14.0. The summed E-state index contributed by atoms with van der Waals surface area (Å²) in [5, 5.41) is 4.90. The van der Waals surface area contributed by atoms with Gasteiger partial charge in [-0.3, -0.25) is 0 Å². The van der Waals surface area contributed by atoms with Crippen LogP contribution in [0.2, 0.25) is 0 Å². The normalized spacial score (nSPS) is 13.8. The Labute approximate surface area is 322 Å². The van der Waals surface area contributed by atoms with E-state index in [2.05, 4.69) is 233 Å². The first-order valence-electron chi connectivity index (χ1n) is 19.0. The summed E-state index contributed by atoms with van der Waals surface area (Å²) < 4.78 is 2.48. The zero-order chi connectivity index (χ0) is 36.6. The number of para-hydroxylation sites is 3. The van der Waals surface area contributed by atoms with Crippen molar-refractivity contribution in [3.05, 3.63) is 218 Å². The summed E-state index contributed by atoms with van der Waals surface area (Å²) in [4.78, 5) is 4.94. The van der Waals surface area contributed by atoms with Crippen LogP contribution >= 0.6 is 0 Å². The van der Waals surface area contributed by atoms with E-state index in [0.29, 0.717) is 0 Å². The van der Waals surface area contributed by atoms with Crippen LogP contribution in [0.3, 0.4) is 0 Å². The fourth-order valence-corrected chi connectivity index (χ4v) is 8.28. The lowest BCUT2D eigenvalue weighted by Crippen LogP contribution is -2.30. The van der Waals surface area contributed by atoms with Crippen molar-refractivity contribution in [2.75, 3.05) is 9.80 Å². The van der Waals surface area contributed by atoms with Gasteiger partial charge >= 0.3 is 0 Å². The molecule has 262 valence electrons. The monoisotopic (exact) mass is 705 g/mol. The molecule has 0 bridgehead atoms. The van der Waals surface area contributed by atoms with Crippen LogP contribution < -0.4 is 9.80 Å². The lowest BCUT2D eigenvalue weighted by molar-refractivity contribution is 0.787. The molecule has 9 aromatic rings. The van der Waals surface area contributed by atoms with Crippen LogP contribution in [-0.2, 0) is 0 Å². The Hall–Kier alpha value is -7.10. The average Bonchev–Trinajstić information content (AvgIpc) is 3.58. The summed E-state index contributed by atoms with van der Waals surface area (Å²) in [6.45, 7) is 0. The van der Waals surface area contributed by atoms with Crippen molar-refractivity contribution >= 4 is 61.0 Å². The van der Waals surface area contributed by atoms with Gasteiger partial charge < -0.3 is 14.4 Å². The average molecular weight is 706 g/mol. The molecule has 1 unspecified atom stereocenters. The van der Waals surface area contributed by atoms with E-state index in [-0.39, 0.29) is 6.04 Å². The van der Waals surface area contributed by atoms with Gasteiger partial charge in [0.15, 0.2) is 0 Å². The molecule has 1 atom stereocenters. The standard InChI is InChI=1S/C52H39N3/c1-6-18-38(19-7-1)39-30-32-46(33-31-39)55-49-35-41-21-17-16-20-40(41)34-48(49)52-50(54(44-26-12-4-13-27-44)45-28-14-5-15-29-45)36-47(37-51(52)55)53(42-22-8-2-9-23-42)43-24-10-3-11-25-43/h1-28,30-37,45H,29H2. The molecule has 0 saturated heterocycles. The Morgan fingerprint density at radius 2 is 1.02 bits per heavy atom. The van der Waals surface area contributed by atoms with Crippen molar-refractivity contribution in [3.8, 4) is 16.8 Å². The molecule has 8 aromatic carbocycles. The number of anilines is 5. The van der Waals surface area contributed by atoms with E-state index in [1.165, 1.54) is 43.9 Å². The first kappa shape index (κ1) is 32.5. The zero-order valence-electron chi connectivity index (χ0n) is 30.4. The predicted molar refractivity (Wildman–Crippen MR) is 234 cm³/mol. The minimum Gasteiger partial charge on any atom is -0.334 e.